The number of carbonyl (C=O) groups excluding carboxylic acids is 2. The van der Waals surface area contributed by atoms with E-state index in [0.29, 0.717) is 24.5 Å². The molecule has 1 unspecified atom stereocenters. The molecule has 0 aromatic rings. The molecule has 0 aromatic carbocycles. The van der Waals surface area contributed by atoms with Crippen LogP contribution in [0, 0.1) is 5.92 Å². The van der Waals surface area contributed by atoms with Crippen LogP contribution in [0.2, 0.25) is 0 Å². The maximum atomic E-state index is 10.7. The van der Waals surface area contributed by atoms with Crippen molar-refractivity contribution in [3.05, 3.63) is 12.2 Å². The van der Waals surface area contributed by atoms with Gasteiger partial charge in [-0.05, 0) is 18.4 Å². The zero-order valence-corrected chi connectivity index (χ0v) is 5.75. The lowest BCUT2D eigenvalue weighted by Gasteiger charge is -1.95. The molecule has 0 saturated heterocycles. The number of allylic oxidation sites excluding steroid dienone is 2. The summed E-state index contributed by atoms with van der Waals surface area (Å²) >= 11 is 0. The molecule has 10 heavy (non-hydrogen) atoms. The Kier molecular flexibility index (Phi) is 2.37. The SMILES string of the molecule is O=C/C=C/C1CCC(=O)C1. The molecule has 1 aliphatic carbocycles. The summed E-state index contributed by atoms with van der Waals surface area (Å²) in [6.45, 7) is 0. The lowest BCUT2D eigenvalue weighted by molar-refractivity contribution is -0.117. The van der Waals surface area contributed by atoms with E-state index in [1.807, 2.05) is 6.08 Å². The number of rotatable bonds is 2. The largest absolute Gasteiger partial charge is 0.300 e. The first-order valence-electron chi connectivity index (χ1n) is 3.46. The van der Waals surface area contributed by atoms with Crippen LogP contribution in [0.1, 0.15) is 19.3 Å². The van der Waals surface area contributed by atoms with Gasteiger partial charge in [0.2, 0.25) is 0 Å². The van der Waals surface area contributed by atoms with Crippen LogP contribution in [-0.4, -0.2) is 12.1 Å². The highest BCUT2D eigenvalue weighted by atomic mass is 16.1. The van der Waals surface area contributed by atoms with Gasteiger partial charge in [0, 0.05) is 12.8 Å². The van der Waals surface area contributed by atoms with E-state index in [-0.39, 0.29) is 0 Å². The number of carbonyl (C=O) groups is 2. The lowest BCUT2D eigenvalue weighted by atomic mass is 10.1. The van der Waals surface area contributed by atoms with E-state index in [0.717, 1.165) is 12.7 Å². The fourth-order valence-electron chi connectivity index (χ4n) is 1.21. The second-order valence-electron chi connectivity index (χ2n) is 2.56. The highest BCUT2D eigenvalue weighted by Gasteiger charge is 2.18. The molecular formula is C8H10O2. The lowest BCUT2D eigenvalue weighted by Crippen LogP contribution is -1.89. The van der Waals surface area contributed by atoms with Crippen molar-refractivity contribution < 1.29 is 9.59 Å². The van der Waals surface area contributed by atoms with E-state index in [1.54, 1.807) is 0 Å². The smallest absolute Gasteiger partial charge is 0.142 e. The summed E-state index contributed by atoms with van der Waals surface area (Å²) in [7, 11) is 0. The molecule has 1 aliphatic rings. The minimum atomic E-state index is 0.320. The summed E-state index contributed by atoms with van der Waals surface area (Å²) in [6, 6.07) is 0. The Morgan fingerprint density at radius 1 is 1.50 bits per heavy atom. The van der Waals surface area contributed by atoms with E-state index < -0.39 is 0 Å². The van der Waals surface area contributed by atoms with E-state index in [1.165, 1.54) is 6.08 Å². The van der Waals surface area contributed by atoms with Gasteiger partial charge in [0.15, 0.2) is 0 Å². The van der Waals surface area contributed by atoms with Crippen molar-refractivity contribution in [1.29, 1.82) is 0 Å². The fourth-order valence-corrected chi connectivity index (χ4v) is 1.21. The fraction of sp³-hybridized carbons (Fsp3) is 0.500. The van der Waals surface area contributed by atoms with Crippen LogP contribution in [0.3, 0.4) is 0 Å². The summed E-state index contributed by atoms with van der Waals surface area (Å²) in [4.78, 5) is 20.6. The van der Waals surface area contributed by atoms with Crippen molar-refractivity contribution in [2.24, 2.45) is 5.92 Å². The molecule has 0 bridgehead atoms. The summed E-state index contributed by atoms with van der Waals surface area (Å²) in [5, 5.41) is 0. The molecular weight excluding hydrogens is 128 g/mol. The minimum absolute atomic E-state index is 0.320. The van der Waals surface area contributed by atoms with Gasteiger partial charge in [-0.25, -0.2) is 0 Å². The van der Waals surface area contributed by atoms with Gasteiger partial charge in [-0.2, -0.15) is 0 Å². The first kappa shape index (κ1) is 7.19. The quantitative estimate of drug-likeness (QED) is 0.423. The molecule has 0 aliphatic heterocycles. The van der Waals surface area contributed by atoms with E-state index in [9.17, 15) is 9.59 Å². The van der Waals surface area contributed by atoms with E-state index >= 15 is 0 Å². The van der Waals surface area contributed by atoms with Gasteiger partial charge in [0.1, 0.15) is 12.1 Å². The Labute approximate surface area is 59.9 Å². The molecule has 0 spiro atoms. The van der Waals surface area contributed by atoms with Crippen molar-refractivity contribution >= 4 is 12.1 Å². The molecule has 0 amide bonds. The molecule has 2 nitrogen and oxygen atoms in total. The van der Waals surface area contributed by atoms with Crippen LogP contribution in [0.5, 0.6) is 0 Å². The summed E-state index contributed by atoms with van der Waals surface area (Å²) in [5.41, 5.74) is 0. The number of ketones is 1. The molecule has 54 valence electrons. The number of hydrogen-bond acceptors (Lipinski definition) is 2. The van der Waals surface area contributed by atoms with Crippen molar-refractivity contribution in [1.82, 2.24) is 0 Å². The molecule has 0 aromatic heterocycles. The molecule has 0 heterocycles. The van der Waals surface area contributed by atoms with Crippen LogP contribution >= 0.6 is 0 Å². The summed E-state index contributed by atoms with van der Waals surface area (Å²) in [5.74, 6) is 0.651. The third-order valence-electron chi connectivity index (χ3n) is 1.75. The van der Waals surface area contributed by atoms with Gasteiger partial charge in [-0.3, -0.25) is 9.59 Å². The predicted molar refractivity (Wildman–Crippen MR) is 37.6 cm³/mol. The third kappa shape index (κ3) is 1.79. The number of aldehydes is 1. The molecule has 1 saturated carbocycles. The Morgan fingerprint density at radius 2 is 2.30 bits per heavy atom. The maximum Gasteiger partial charge on any atom is 0.142 e. The highest BCUT2D eigenvalue weighted by molar-refractivity contribution is 5.81. The second-order valence-corrected chi connectivity index (χ2v) is 2.56. The minimum Gasteiger partial charge on any atom is -0.300 e. The van der Waals surface area contributed by atoms with Gasteiger partial charge in [0.25, 0.3) is 0 Å². The monoisotopic (exact) mass is 138 g/mol. The first-order chi connectivity index (χ1) is 4.83. The topological polar surface area (TPSA) is 34.1 Å². The maximum absolute atomic E-state index is 10.7. The molecule has 0 N–H and O–H groups in total. The third-order valence-corrected chi connectivity index (χ3v) is 1.75. The normalized spacial score (nSPS) is 26.0. The van der Waals surface area contributed by atoms with Gasteiger partial charge in [-0.1, -0.05) is 6.08 Å². The molecule has 0 radical (unpaired) electrons. The molecule has 1 fully saturated rings. The van der Waals surface area contributed by atoms with E-state index in [2.05, 4.69) is 0 Å². The van der Waals surface area contributed by atoms with Gasteiger partial charge >= 0.3 is 0 Å². The Morgan fingerprint density at radius 3 is 2.80 bits per heavy atom. The van der Waals surface area contributed by atoms with Gasteiger partial charge in [-0.15, -0.1) is 0 Å². The Balaban J connectivity index is 2.37. The summed E-state index contributed by atoms with van der Waals surface area (Å²) in [6.07, 6.45) is 6.28. The molecule has 1 rings (SSSR count). The average Bonchev–Trinajstić information content (AvgIpc) is 2.31. The van der Waals surface area contributed by atoms with Gasteiger partial charge < -0.3 is 0 Å². The average molecular weight is 138 g/mol. The number of hydrogen-bond donors (Lipinski definition) is 0. The zero-order valence-electron chi connectivity index (χ0n) is 5.75. The number of Topliss-reactive ketones (excluding diaryl/α,β-unsaturated/α-hetero) is 1. The second kappa shape index (κ2) is 3.30. The highest BCUT2D eigenvalue weighted by Crippen LogP contribution is 2.22. The van der Waals surface area contributed by atoms with Crippen molar-refractivity contribution in [3.8, 4) is 0 Å². The van der Waals surface area contributed by atoms with Crippen LogP contribution in [0.25, 0.3) is 0 Å². The molecule has 2 heteroatoms. The van der Waals surface area contributed by atoms with E-state index in [4.69, 9.17) is 0 Å². The van der Waals surface area contributed by atoms with Crippen molar-refractivity contribution in [2.45, 2.75) is 19.3 Å². The molecule has 1 atom stereocenters. The van der Waals surface area contributed by atoms with Crippen LogP contribution in [0.15, 0.2) is 12.2 Å². The first-order valence-corrected chi connectivity index (χ1v) is 3.46. The van der Waals surface area contributed by atoms with Crippen molar-refractivity contribution in [2.75, 3.05) is 0 Å². The van der Waals surface area contributed by atoms with Crippen LogP contribution in [0.4, 0.5) is 0 Å². The predicted octanol–water partition coefficient (Wildman–Crippen LogP) is 1.11. The van der Waals surface area contributed by atoms with Crippen molar-refractivity contribution in [3.63, 3.8) is 0 Å². The Hall–Kier alpha value is -0.920. The Bertz CT molecular complexity index is 170. The zero-order chi connectivity index (χ0) is 7.40. The van der Waals surface area contributed by atoms with Crippen LogP contribution in [-0.2, 0) is 9.59 Å². The summed E-state index contributed by atoms with van der Waals surface area (Å²) < 4.78 is 0. The standard InChI is InChI=1S/C8H10O2/c9-5-1-2-7-3-4-8(10)6-7/h1-2,5,7H,3-4,6H2/b2-1+. The van der Waals surface area contributed by atoms with Gasteiger partial charge in [0.05, 0.1) is 0 Å². The van der Waals surface area contributed by atoms with Crippen LogP contribution < -0.4 is 0 Å².